The van der Waals surface area contributed by atoms with Crippen LogP contribution in [0.5, 0.6) is 0 Å². The maximum Gasteiger partial charge on any atom is 1.00 e. The molecule has 0 atom stereocenters. The fourth-order valence-corrected chi connectivity index (χ4v) is 0. The van der Waals surface area contributed by atoms with Crippen molar-refractivity contribution in [2.24, 2.45) is 5.34 Å². The summed E-state index contributed by atoms with van der Waals surface area (Å²) >= 11 is -0.164. The third-order valence-electron chi connectivity index (χ3n) is 0. The summed E-state index contributed by atoms with van der Waals surface area (Å²) in [6.07, 6.45) is 0. The van der Waals surface area contributed by atoms with Crippen LogP contribution in [0.15, 0.2) is 5.34 Å². The molecule has 0 aromatic rings. The van der Waals surface area contributed by atoms with Gasteiger partial charge in [-0.2, -0.15) is 0 Å². The molecule has 9 heavy (non-hydrogen) atoms. The molecule has 0 bridgehead atoms. The zero-order valence-electron chi connectivity index (χ0n) is 4.94. The summed E-state index contributed by atoms with van der Waals surface area (Å²) in [6.45, 7) is 0. The monoisotopic (exact) mass is 179 g/mol. The summed E-state index contributed by atoms with van der Waals surface area (Å²) < 4.78 is 26.1. The molecule has 0 aliphatic carbocycles. The fraction of sp³-hybridized carbons (Fsp3) is 0. The van der Waals surface area contributed by atoms with E-state index in [0.29, 0.717) is 0 Å². The predicted octanol–water partition coefficient (Wildman–Crippen LogP) is -4.32. The zero-order chi connectivity index (χ0) is 7.21. The van der Waals surface area contributed by atoms with E-state index in [4.69, 9.17) is 14.7 Å². The Morgan fingerprint density at radius 3 is 1.56 bits per heavy atom. The van der Waals surface area contributed by atoms with Crippen LogP contribution < -0.4 is 29.6 Å². The first-order chi connectivity index (χ1) is 3.41. The van der Waals surface area contributed by atoms with Gasteiger partial charge < -0.3 is 14.7 Å². The number of hydrogen-bond acceptors (Lipinski definition) is 5. The summed E-state index contributed by atoms with van der Waals surface area (Å²) in [6, 6.07) is 0. The fourth-order valence-electron chi connectivity index (χ4n) is 0. The van der Waals surface area contributed by atoms with E-state index in [-0.39, 0.29) is 44.7 Å². The molecule has 0 rings (SSSR count). The van der Waals surface area contributed by atoms with Crippen molar-refractivity contribution in [3.63, 3.8) is 0 Å². The average molecular weight is 179 g/mol. The van der Waals surface area contributed by atoms with Gasteiger partial charge in [-0.15, -0.1) is 5.34 Å². The molecule has 0 aliphatic heterocycles. The van der Waals surface area contributed by atoms with Crippen molar-refractivity contribution in [3.05, 3.63) is 10.1 Å². The maximum atomic E-state index is 9.25. The van der Waals surface area contributed by atoms with Crippen molar-refractivity contribution < 1.29 is 42.5 Å². The molecule has 0 saturated carbocycles. The van der Waals surface area contributed by atoms with Crippen molar-refractivity contribution in [3.8, 4) is 0 Å². The van der Waals surface area contributed by atoms with Gasteiger partial charge in [-0.1, -0.05) is 0 Å². The van der Waals surface area contributed by atoms with Gasteiger partial charge in [-0.05, 0) is 0 Å². The second-order valence-corrected chi connectivity index (χ2v) is 5.37. The molecule has 0 fully saturated rings. The van der Waals surface area contributed by atoms with Crippen LogP contribution in [0.1, 0.15) is 0 Å². The molecule has 0 saturated heterocycles. The molecule has 0 spiro atoms. The SMILES string of the molecule is O=N[O-].O=[S](=O)(O)[AlH2].[Na+]. The van der Waals surface area contributed by atoms with E-state index in [9.17, 15) is 8.42 Å². The summed E-state index contributed by atoms with van der Waals surface area (Å²) in [7, 11) is -3.53. The molecular weight excluding hydrogens is 176 g/mol. The molecule has 0 unspecified atom stereocenters. The van der Waals surface area contributed by atoms with Crippen LogP contribution in [0.25, 0.3) is 0 Å². The van der Waals surface area contributed by atoms with Crippen molar-refractivity contribution in [1.82, 2.24) is 0 Å². The van der Waals surface area contributed by atoms with Crippen LogP contribution in [0.4, 0.5) is 0 Å². The Bertz CT molecular complexity index is 131. The number of nitrogens with zero attached hydrogens (tertiary/aromatic N) is 1. The normalized spacial score (nSPS) is 7.67. The van der Waals surface area contributed by atoms with Crippen LogP contribution in [0, 0.1) is 10.1 Å². The van der Waals surface area contributed by atoms with E-state index < -0.39 is 8.48 Å². The first kappa shape index (κ1) is 16.4. The average Bonchev–Trinajstić information content (AvgIpc) is 1.27. The Kier molecular flexibility index (Phi) is 16.1. The van der Waals surface area contributed by atoms with Crippen LogP contribution in [0.2, 0.25) is 0 Å². The summed E-state index contributed by atoms with van der Waals surface area (Å²) in [5.41, 5.74) is 0. The van der Waals surface area contributed by atoms with Crippen molar-refractivity contribution in [1.29, 1.82) is 0 Å². The number of hydrogen-bond donors (Lipinski definition) is 1. The molecule has 0 amide bonds. The van der Waals surface area contributed by atoms with E-state index in [0.717, 1.165) is 5.34 Å². The van der Waals surface area contributed by atoms with E-state index in [1.54, 1.807) is 0 Å². The molecule has 0 aromatic carbocycles. The maximum absolute atomic E-state index is 9.25. The molecule has 0 heterocycles. The van der Waals surface area contributed by atoms with Gasteiger partial charge >= 0.3 is 44.7 Å². The topological polar surface area (TPSA) is 107 Å². The van der Waals surface area contributed by atoms with Gasteiger partial charge in [0.2, 0.25) is 0 Å². The molecule has 6 nitrogen and oxygen atoms in total. The summed E-state index contributed by atoms with van der Waals surface area (Å²) in [5.74, 6) is 0. The Morgan fingerprint density at radius 1 is 1.56 bits per heavy atom. The Balaban J connectivity index is -0.0000000800. The van der Waals surface area contributed by atoms with Gasteiger partial charge in [0.05, 0.1) is 0 Å². The minimum atomic E-state index is -3.53. The molecule has 48 valence electrons. The van der Waals surface area contributed by atoms with Gasteiger partial charge in [0, 0.05) is 0 Å². The third kappa shape index (κ3) is 583. The van der Waals surface area contributed by atoms with Gasteiger partial charge in [0.15, 0.2) is 0 Å². The quantitative estimate of drug-likeness (QED) is 0.175. The molecule has 0 aliphatic rings. The number of rotatable bonds is 0. The molecule has 9 heteroatoms. The Hall–Kier alpha value is 0.842. The minimum absolute atomic E-state index is 0. The second kappa shape index (κ2) is 8.84. The predicted molar refractivity (Wildman–Crippen MR) is 29.3 cm³/mol. The van der Waals surface area contributed by atoms with Crippen molar-refractivity contribution >= 4 is 23.6 Å². The molecule has 1 N–H and O–H groups in total. The van der Waals surface area contributed by atoms with E-state index in [1.807, 2.05) is 0 Å². The van der Waals surface area contributed by atoms with Crippen LogP contribution >= 0.6 is 0 Å². The first-order valence-corrected chi connectivity index (χ1v) is 5.59. The Morgan fingerprint density at radius 2 is 1.56 bits per heavy atom. The smallest absolute Gasteiger partial charge is 0.444 e. The summed E-state index contributed by atoms with van der Waals surface area (Å²) in [5, 5.41) is 9.00. The van der Waals surface area contributed by atoms with E-state index in [2.05, 4.69) is 0 Å². The largest absolute Gasteiger partial charge is 1.00 e. The molecule has 0 radical (unpaired) electrons. The van der Waals surface area contributed by atoms with Crippen molar-refractivity contribution in [2.75, 3.05) is 0 Å². The van der Waals surface area contributed by atoms with Gasteiger partial charge in [0.25, 0.3) is 0 Å². The van der Waals surface area contributed by atoms with Crippen molar-refractivity contribution in [2.45, 2.75) is 0 Å². The van der Waals surface area contributed by atoms with E-state index >= 15 is 0 Å². The first-order valence-electron chi connectivity index (χ1n) is 1.29. The minimum Gasteiger partial charge on any atom is -0.444 e. The standard InChI is InChI=1S/Al.HNO2.Na.HO3S.2H/c;2-1-3;;1-4(2)3;;/h;(H,2,3);;(H,1,2,3);;/q;;+1;;;/p-1. The van der Waals surface area contributed by atoms with Crippen LogP contribution in [-0.4, -0.2) is 28.1 Å². The molecule has 0 aromatic heterocycles. The van der Waals surface area contributed by atoms with E-state index in [1.165, 1.54) is 0 Å². The van der Waals surface area contributed by atoms with Gasteiger partial charge in [-0.25, -0.2) is 8.42 Å². The van der Waals surface area contributed by atoms with Gasteiger partial charge in [-0.3, -0.25) is 0 Å². The Labute approximate surface area is 81.1 Å². The summed E-state index contributed by atoms with van der Waals surface area (Å²) in [4.78, 5) is 8.00. The second-order valence-electron chi connectivity index (χ2n) is 0.808. The third-order valence-corrected chi connectivity index (χ3v) is 0. The van der Waals surface area contributed by atoms with Gasteiger partial charge in [0.1, 0.15) is 8.48 Å². The zero-order valence-corrected chi connectivity index (χ0v) is 9.75. The van der Waals surface area contributed by atoms with Crippen LogP contribution in [0.3, 0.4) is 0 Å². The van der Waals surface area contributed by atoms with Crippen LogP contribution in [-0.2, 0) is 8.48 Å². The molecular formula is H3AlNNaO5S.